The van der Waals surface area contributed by atoms with Crippen LogP contribution in [0.3, 0.4) is 0 Å². The van der Waals surface area contributed by atoms with Crippen molar-refractivity contribution >= 4 is 12.0 Å². The van der Waals surface area contributed by atoms with E-state index in [1.54, 1.807) is 0 Å². The summed E-state index contributed by atoms with van der Waals surface area (Å²) in [6.07, 6.45) is 2.77. The van der Waals surface area contributed by atoms with E-state index in [1.807, 2.05) is 6.92 Å². The third-order valence-corrected chi connectivity index (χ3v) is 2.73. The molecule has 0 bridgehead atoms. The molecule has 0 unspecified atom stereocenters. The summed E-state index contributed by atoms with van der Waals surface area (Å²) in [6, 6.07) is -0.260. The van der Waals surface area contributed by atoms with Gasteiger partial charge in [-0.1, -0.05) is 6.42 Å². The fourth-order valence-corrected chi connectivity index (χ4v) is 1.73. The Morgan fingerprint density at radius 3 is 2.40 bits per heavy atom. The largest absolute Gasteiger partial charge is 0.453 e. The molecule has 0 spiro atoms. The van der Waals surface area contributed by atoms with Crippen LogP contribution in [0.25, 0.3) is 0 Å². The predicted molar refractivity (Wildman–Crippen MR) is 55.4 cm³/mol. The van der Waals surface area contributed by atoms with Crippen molar-refractivity contribution in [1.29, 1.82) is 0 Å². The van der Waals surface area contributed by atoms with Crippen molar-refractivity contribution in [3.63, 3.8) is 0 Å². The minimum absolute atomic E-state index is 0.260. The maximum atomic E-state index is 11.6. The number of imide groups is 1. The number of likely N-dealkylation sites (tertiary alicyclic amines) is 1. The molecule has 0 aromatic carbocycles. The van der Waals surface area contributed by atoms with Gasteiger partial charge in [-0.05, 0) is 32.9 Å². The lowest BCUT2D eigenvalue weighted by atomic mass is 10.1. The van der Waals surface area contributed by atoms with Crippen LogP contribution in [-0.4, -0.2) is 43.1 Å². The molecule has 1 aliphatic rings. The summed E-state index contributed by atoms with van der Waals surface area (Å²) in [7, 11) is 1.24. The van der Waals surface area contributed by atoms with E-state index < -0.39 is 6.09 Å². The van der Waals surface area contributed by atoms with Gasteiger partial charge in [0.25, 0.3) is 0 Å². The summed E-state index contributed by atoms with van der Waals surface area (Å²) in [5.41, 5.74) is 0. The van der Waals surface area contributed by atoms with E-state index in [1.165, 1.54) is 13.5 Å². The van der Waals surface area contributed by atoms with Crippen LogP contribution in [-0.2, 0) is 9.53 Å². The maximum absolute atomic E-state index is 11.6. The Hall–Kier alpha value is -1.10. The molecule has 1 saturated heterocycles. The molecule has 0 saturated carbocycles. The fraction of sp³-hybridized carbons (Fsp3) is 0.800. The number of carbonyl (C=O) groups excluding carboxylic acids is 2. The van der Waals surface area contributed by atoms with Crippen molar-refractivity contribution < 1.29 is 14.3 Å². The molecule has 1 aliphatic heterocycles. The first-order valence-corrected chi connectivity index (χ1v) is 5.28. The molecule has 2 amide bonds. The monoisotopic (exact) mass is 214 g/mol. The number of hydrogen-bond donors (Lipinski definition) is 1. The number of hydrogen-bond acceptors (Lipinski definition) is 4. The average molecular weight is 214 g/mol. The molecule has 1 fully saturated rings. The first-order valence-electron chi connectivity index (χ1n) is 5.28. The summed E-state index contributed by atoms with van der Waals surface area (Å²) in [5, 5.41) is 2.18. The Morgan fingerprint density at radius 1 is 1.27 bits per heavy atom. The van der Waals surface area contributed by atoms with Crippen LogP contribution in [0.5, 0.6) is 0 Å². The first-order chi connectivity index (χ1) is 7.15. The van der Waals surface area contributed by atoms with Crippen LogP contribution in [0.4, 0.5) is 4.79 Å². The second-order valence-electron chi connectivity index (χ2n) is 3.75. The van der Waals surface area contributed by atoms with Crippen LogP contribution in [0.2, 0.25) is 0 Å². The van der Waals surface area contributed by atoms with E-state index in [4.69, 9.17) is 0 Å². The van der Waals surface area contributed by atoms with E-state index in [0.29, 0.717) is 0 Å². The molecular formula is C10H18N2O3. The molecule has 1 N–H and O–H groups in total. The smallest absolute Gasteiger partial charge is 0.413 e. The Kier molecular flexibility index (Phi) is 4.55. The van der Waals surface area contributed by atoms with Gasteiger partial charge in [-0.3, -0.25) is 15.0 Å². The zero-order valence-corrected chi connectivity index (χ0v) is 9.28. The highest BCUT2D eigenvalue weighted by Crippen LogP contribution is 2.11. The molecule has 1 heterocycles. The Labute approximate surface area is 89.8 Å². The summed E-state index contributed by atoms with van der Waals surface area (Å²) in [4.78, 5) is 24.5. The molecule has 86 valence electrons. The number of nitrogens with zero attached hydrogens (tertiary/aromatic N) is 1. The van der Waals surface area contributed by atoms with Crippen molar-refractivity contribution in [3.8, 4) is 0 Å². The van der Waals surface area contributed by atoms with Crippen LogP contribution in [0.15, 0.2) is 0 Å². The fourth-order valence-electron chi connectivity index (χ4n) is 1.73. The van der Waals surface area contributed by atoms with E-state index in [9.17, 15) is 9.59 Å². The molecule has 0 aromatic heterocycles. The molecule has 0 aliphatic carbocycles. The molecule has 1 atom stereocenters. The van der Waals surface area contributed by atoms with E-state index >= 15 is 0 Å². The topological polar surface area (TPSA) is 58.6 Å². The van der Waals surface area contributed by atoms with Gasteiger partial charge in [0.05, 0.1) is 13.2 Å². The number of piperidine rings is 1. The highest BCUT2D eigenvalue weighted by Gasteiger charge is 2.23. The Morgan fingerprint density at radius 2 is 1.87 bits per heavy atom. The Bertz CT molecular complexity index is 237. The highest BCUT2D eigenvalue weighted by atomic mass is 16.5. The van der Waals surface area contributed by atoms with Gasteiger partial charge in [0.1, 0.15) is 0 Å². The zero-order valence-electron chi connectivity index (χ0n) is 9.28. The van der Waals surface area contributed by atoms with Crippen LogP contribution in [0, 0.1) is 0 Å². The van der Waals surface area contributed by atoms with Gasteiger partial charge < -0.3 is 4.74 Å². The lowest BCUT2D eigenvalue weighted by molar-refractivity contribution is -0.125. The van der Waals surface area contributed by atoms with Gasteiger partial charge in [0.15, 0.2) is 0 Å². The van der Waals surface area contributed by atoms with Crippen LogP contribution >= 0.6 is 0 Å². The van der Waals surface area contributed by atoms with Crippen molar-refractivity contribution in [2.45, 2.75) is 32.2 Å². The summed E-state index contributed by atoms with van der Waals surface area (Å²) >= 11 is 0. The molecule has 0 aromatic rings. The number of rotatable bonds is 2. The van der Waals surface area contributed by atoms with Gasteiger partial charge in [-0.25, -0.2) is 4.79 Å². The van der Waals surface area contributed by atoms with Crippen molar-refractivity contribution in [1.82, 2.24) is 10.2 Å². The van der Waals surface area contributed by atoms with Gasteiger partial charge in [0.2, 0.25) is 5.91 Å². The Balaban J connectivity index is 2.40. The SMILES string of the molecule is COC(=O)NC(=O)[C@H](C)N1CCCCC1. The number of ether oxygens (including phenoxy) is 1. The molecule has 5 heteroatoms. The maximum Gasteiger partial charge on any atom is 0.413 e. The predicted octanol–water partition coefficient (Wildman–Crippen LogP) is 0.743. The van der Waals surface area contributed by atoms with Gasteiger partial charge in [-0.2, -0.15) is 0 Å². The molecule has 0 radical (unpaired) electrons. The normalized spacial score (nSPS) is 19.3. The quantitative estimate of drug-likeness (QED) is 0.736. The lowest BCUT2D eigenvalue weighted by Gasteiger charge is -2.30. The third kappa shape index (κ3) is 3.51. The van der Waals surface area contributed by atoms with E-state index in [2.05, 4.69) is 15.0 Å². The second kappa shape index (κ2) is 5.70. The number of carbonyl (C=O) groups is 2. The third-order valence-electron chi connectivity index (χ3n) is 2.73. The molecule has 15 heavy (non-hydrogen) atoms. The lowest BCUT2D eigenvalue weighted by Crippen LogP contribution is -2.48. The van der Waals surface area contributed by atoms with Gasteiger partial charge >= 0.3 is 6.09 Å². The summed E-state index contributed by atoms with van der Waals surface area (Å²) in [5.74, 6) is -0.288. The van der Waals surface area contributed by atoms with E-state index in [-0.39, 0.29) is 11.9 Å². The average Bonchev–Trinajstić information content (AvgIpc) is 2.29. The minimum Gasteiger partial charge on any atom is -0.453 e. The summed E-state index contributed by atoms with van der Waals surface area (Å²) < 4.78 is 4.37. The number of methoxy groups -OCH3 is 1. The van der Waals surface area contributed by atoms with Crippen molar-refractivity contribution in [3.05, 3.63) is 0 Å². The highest BCUT2D eigenvalue weighted by molar-refractivity contribution is 5.94. The minimum atomic E-state index is -0.691. The number of amides is 2. The summed E-state index contributed by atoms with van der Waals surface area (Å²) in [6.45, 7) is 3.66. The van der Waals surface area contributed by atoms with Gasteiger partial charge in [0, 0.05) is 0 Å². The first kappa shape index (κ1) is 12.0. The molecular weight excluding hydrogens is 196 g/mol. The number of alkyl carbamates (subject to hydrolysis) is 1. The van der Waals surface area contributed by atoms with Crippen molar-refractivity contribution in [2.24, 2.45) is 0 Å². The van der Waals surface area contributed by atoms with E-state index in [0.717, 1.165) is 25.9 Å². The number of nitrogens with one attached hydrogen (secondary N) is 1. The zero-order chi connectivity index (χ0) is 11.3. The van der Waals surface area contributed by atoms with Crippen molar-refractivity contribution in [2.75, 3.05) is 20.2 Å². The van der Waals surface area contributed by atoms with Crippen LogP contribution in [0.1, 0.15) is 26.2 Å². The van der Waals surface area contributed by atoms with Crippen LogP contribution < -0.4 is 5.32 Å². The molecule has 5 nitrogen and oxygen atoms in total. The standard InChI is InChI=1S/C10H18N2O3/c1-8(9(13)11-10(14)15-2)12-6-4-3-5-7-12/h8H,3-7H2,1-2H3,(H,11,13,14)/t8-/m0/s1. The second-order valence-corrected chi connectivity index (χ2v) is 3.75. The molecule has 1 rings (SSSR count). The van der Waals surface area contributed by atoms with Gasteiger partial charge in [-0.15, -0.1) is 0 Å².